The fourth-order valence-electron chi connectivity index (χ4n) is 2.00. The zero-order valence-corrected chi connectivity index (χ0v) is 11.2. The highest BCUT2D eigenvalue weighted by atomic mass is 19.4. The van der Waals surface area contributed by atoms with Gasteiger partial charge >= 0.3 is 6.36 Å². The molecule has 2 aromatic heterocycles. The number of hydrogen-bond donors (Lipinski definition) is 1. The lowest BCUT2D eigenvalue weighted by atomic mass is 10.3. The number of ether oxygens (including phenoxy) is 1. The third-order valence-electron chi connectivity index (χ3n) is 2.88. The Morgan fingerprint density at radius 2 is 1.91 bits per heavy atom. The molecule has 3 rings (SSSR count). The molecule has 9 heteroatoms. The van der Waals surface area contributed by atoms with Crippen LogP contribution in [0.2, 0.25) is 0 Å². The molecule has 3 aromatic rings. The van der Waals surface area contributed by atoms with E-state index in [4.69, 9.17) is 0 Å². The van der Waals surface area contributed by atoms with Gasteiger partial charge in [-0.2, -0.15) is 0 Å². The van der Waals surface area contributed by atoms with Crippen LogP contribution in [0.5, 0.6) is 5.75 Å². The Hall–Kier alpha value is -2.84. The van der Waals surface area contributed by atoms with Gasteiger partial charge in [-0.3, -0.25) is 9.36 Å². The van der Waals surface area contributed by atoms with Crippen molar-refractivity contribution in [2.75, 3.05) is 0 Å². The average Bonchev–Trinajstić information content (AvgIpc) is 2.80. The number of aromatic amines is 1. The summed E-state index contributed by atoms with van der Waals surface area (Å²) in [6.45, 7) is 1.69. The van der Waals surface area contributed by atoms with Gasteiger partial charge in [0, 0.05) is 0 Å². The first-order valence-electron chi connectivity index (χ1n) is 6.14. The monoisotopic (exact) mass is 310 g/mol. The van der Waals surface area contributed by atoms with Gasteiger partial charge in [-0.05, 0) is 31.2 Å². The number of nitrogens with zero attached hydrogens (tertiary/aromatic N) is 3. The Morgan fingerprint density at radius 1 is 1.23 bits per heavy atom. The van der Waals surface area contributed by atoms with Crippen molar-refractivity contribution in [1.82, 2.24) is 19.5 Å². The van der Waals surface area contributed by atoms with E-state index >= 15 is 0 Å². The van der Waals surface area contributed by atoms with Crippen molar-refractivity contribution in [3.05, 3.63) is 46.8 Å². The molecule has 0 bridgehead atoms. The molecule has 0 aliphatic heterocycles. The molecule has 0 unspecified atom stereocenters. The third kappa shape index (κ3) is 2.65. The SMILES string of the molecule is Cc1nc2c(=O)n(-c3ccc(OC(F)(F)F)cc3)cnc2[nH]1. The van der Waals surface area contributed by atoms with E-state index in [0.29, 0.717) is 17.2 Å². The Morgan fingerprint density at radius 3 is 2.55 bits per heavy atom. The number of imidazole rings is 1. The van der Waals surface area contributed by atoms with Crippen molar-refractivity contribution in [2.24, 2.45) is 0 Å². The van der Waals surface area contributed by atoms with E-state index in [2.05, 4.69) is 19.7 Å². The molecule has 2 heterocycles. The van der Waals surface area contributed by atoms with E-state index in [1.54, 1.807) is 6.92 Å². The molecule has 1 aromatic carbocycles. The Kier molecular flexibility index (Phi) is 3.12. The van der Waals surface area contributed by atoms with Crippen LogP contribution < -0.4 is 10.3 Å². The maximum absolute atomic E-state index is 12.3. The molecular weight excluding hydrogens is 301 g/mol. The third-order valence-corrected chi connectivity index (χ3v) is 2.88. The molecule has 1 N–H and O–H groups in total. The smallest absolute Gasteiger partial charge is 0.406 e. The highest BCUT2D eigenvalue weighted by Crippen LogP contribution is 2.23. The highest BCUT2D eigenvalue weighted by molar-refractivity contribution is 5.69. The van der Waals surface area contributed by atoms with E-state index < -0.39 is 11.9 Å². The summed E-state index contributed by atoms with van der Waals surface area (Å²) in [5, 5.41) is 0. The summed E-state index contributed by atoms with van der Waals surface area (Å²) in [6.07, 6.45) is -3.48. The summed E-state index contributed by atoms with van der Waals surface area (Å²) >= 11 is 0. The molecule has 0 saturated heterocycles. The van der Waals surface area contributed by atoms with Gasteiger partial charge in [0.2, 0.25) is 0 Å². The van der Waals surface area contributed by atoms with E-state index in [0.717, 1.165) is 12.1 Å². The van der Waals surface area contributed by atoms with Gasteiger partial charge in [0.1, 0.15) is 17.9 Å². The number of halogens is 3. The highest BCUT2D eigenvalue weighted by Gasteiger charge is 2.31. The second-order valence-corrected chi connectivity index (χ2v) is 4.48. The molecule has 0 amide bonds. The number of fused-ring (bicyclic) bond motifs is 1. The van der Waals surface area contributed by atoms with Crippen LogP contribution in [0.1, 0.15) is 5.82 Å². The molecule has 0 aliphatic rings. The summed E-state index contributed by atoms with van der Waals surface area (Å²) in [4.78, 5) is 23.2. The Bertz CT molecular complexity index is 881. The molecular formula is C13H9F3N4O2. The standard InChI is InChI=1S/C13H9F3N4O2/c1-7-18-10-11(19-7)17-6-20(12(10)21)8-2-4-9(5-3-8)22-13(14,15)16/h2-6H,1H3,(H,18,19). The molecule has 0 saturated carbocycles. The number of nitrogens with one attached hydrogen (secondary N) is 1. The molecule has 114 valence electrons. The van der Waals surface area contributed by atoms with Crippen LogP contribution in [0, 0.1) is 6.92 Å². The van der Waals surface area contributed by atoms with Crippen LogP contribution in [0.4, 0.5) is 13.2 Å². The molecule has 0 aliphatic carbocycles. The largest absolute Gasteiger partial charge is 0.573 e. The number of hydrogen-bond acceptors (Lipinski definition) is 4. The molecule has 22 heavy (non-hydrogen) atoms. The number of rotatable bonds is 2. The van der Waals surface area contributed by atoms with Crippen molar-refractivity contribution in [2.45, 2.75) is 13.3 Å². The maximum atomic E-state index is 12.3. The average molecular weight is 310 g/mol. The van der Waals surface area contributed by atoms with Crippen LogP contribution in [-0.4, -0.2) is 25.9 Å². The summed E-state index contributed by atoms with van der Waals surface area (Å²) in [7, 11) is 0. The van der Waals surface area contributed by atoms with E-state index in [9.17, 15) is 18.0 Å². The number of H-pyrrole nitrogens is 1. The van der Waals surface area contributed by atoms with Gasteiger partial charge in [-0.25, -0.2) is 9.97 Å². The van der Waals surface area contributed by atoms with Crippen molar-refractivity contribution >= 4 is 11.2 Å². The van der Waals surface area contributed by atoms with Crippen LogP contribution >= 0.6 is 0 Å². The Labute approximate surface area is 121 Å². The van der Waals surface area contributed by atoms with Crippen molar-refractivity contribution in [3.63, 3.8) is 0 Å². The van der Waals surface area contributed by atoms with Crippen LogP contribution in [0.3, 0.4) is 0 Å². The van der Waals surface area contributed by atoms with E-state index in [1.165, 1.54) is 23.0 Å². The van der Waals surface area contributed by atoms with Crippen LogP contribution in [0.25, 0.3) is 16.9 Å². The molecule has 0 atom stereocenters. The van der Waals surface area contributed by atoms with Crippen molar-refractivity contribution in [3.8, 4) is 11.4 Å². The topological polar surface area (TPSA) is 72.8 Å². The lowest BCUT2D eigenvalue weighted by Gasteiger charge is -2.10. The van der Waals surface area contributed by atoms with Crippen LogP contribution in [-0.2, 0) is 0 Å². The summed E-state index contributed by atoms with van der Waals surface area (Å²) in [5.41, 5.74) is 0.458. The van der Waals surface area contributed by atoms with E-state index in [1.807, 2.05) is 0 Å². The Balaban J connectivity index is 2.01. The van der Waals surface area contributed by atoms with Crippen LogP contribution in [0.15, 0.2) is 35.4 Å². The summed E-state index contributed by atoms with van der Waals surface area (Å²) in [5.74, 6) is 0.181. The minimum atomic E-state index is -4.76. The zero-order chi connectivity index (χ0) is 15.9. The quantitative estimate of drug-likeness (QED) is 0.788. The van der Waals surface area contributed by atoms with Gasteiger partial charge in [-0.15, -0.1) is 13.2 Å². The molecule has 0 spiro atoms. The fourth-order valence-corrected chi connectivity index (χ4v) is 2.00. The number of benzene rings is 1. The predicted octanol–water partition coefficient (Wildman–Crippen LogP) is 2.32. The first-order valence-corrected chi connectivity index (χ1v) is 6.14. The van der Waals surface area contributed by atoms with Gasteiger partial charge in [0.05, 0.1) is 5.69 Å². The van der Waals surface area contributed by atoms with Crippen molar-refractivity contribution < 1.29 is 17.9 Å². The number of aryl methyl sites for hydroxylation is 1. The second-order valence-electron chi connectivity index (χ2n) is 4.48. The first kappa shape index (κ1) is 14.1. The van der Waals surface area contributed by atoms with Gasteiger partial charge in [0.15, 0.2) is 11.2 Å². The van der Waals surface area contributed by atoms with Gasteiger partial charge < -0.3 is 9.72 Å². The van der Waals surface area contributed by atoms with E-state index in [-0.39, 0.29) is 11.3 Å². The van der Waals surface area contributed by atoms with Gasteiger partial charge in [0.25, 0.3) is 5.56 Å². The minimum absolute atomic E-state index is 0.163. The fraction of sp³-hybridized carbons (Fsp3) is 0.154. The molecule has 0 fully saturated rings. The second kappa shape index (κ2) is 4.86. The van der Waals surface area contributed by atoms with Crippen molar-refractivity contribution in [1.29, 1.82) is 0 Å². The molecule has 6 nitrogen and oxygen atoms in total. The number of aromatic nitrogens is 4. The summed E-state index contributed by atoms with van der Waals surface area (Å²) in [6, 6.07) is 4.90. The maximum Gasteiger partial charge on any atom is 0.573 e. The van der Waals surface area contributed by atoms with Gasteiger partial charge in [-0.1, -0.05) is 0 Å². The first-order chi connectivity index (χ1) is 10.3. The predicted molar refractivity (Wildman–Crippen MR) is 70.9 cm³/mol. The lowest BCUT2D eigenvalue weighted by Crippen LogP contribution is -2.19. The molecule has 0 radical (unpaired) electrons. The number of alkyl halides is 3. The lowest BCUT2D eigenvalue weighted by molar-refractivity contribution is -0.274. The summed E-state index contributed by atoms with van der Waals surface area (Å²) < 4.78 is 41.3. The normalized spacial score (nSPS) is 11.8. The minimum Gasteiger partial charge on any atom is -0.406 e. The zero-order valence-electron chi connectivity index (χ0n) is 11.2.